The van der Waals surface area contributed by atoms with E-state index in [4.69, 9.17) is 11.6 Å². The highest BCUT2D eigenvalue weighted by Gasteiger charge is 2.38. The second-order valence-electron chi connectivity index (χ2n) is 7.43. The fourth-order valence-corrected chi connectivity index (χ4v) is 4.49. The number of fused-ring (bicyclic) bond motifs is 3. The first-order valence-corrected chi connectivity index (χ1v) is 9.75. The number of carbonyl (C=O) groups excluding carboxylic acids is 1. The molecule has 1 amide bonds. The van der Waals surface area contributed by atoms with Crippen LogP contribution in [0.2, 0.25) is 5.02 Å². The van der Waals surface area contributed by atoms with E-state index in [1.165, 1.54) is 17.4 Å². The number of hydrogen-bond acceptors (Lipinski definition) is 1. The number of nitrogens with one attached hydrogen (secondary N) is 1. The number of para-hydroxylation sites is 1. The first-order valence-electron chi connectivity index (χ1n) is 9.38. The van der Waals surface area contributed by atoms with Gasteiger partial charge in [0.25, 0.3) is 0 Å². The Morgan fingerprint density at radius 3 is 2.58 bits per heavy atom. The number of aromatic amines is 1. The molecule has 4 heteroatoms. The lowest BCUT2D eigenvalue weighted by molar-refractivity contribution is -0.140. The summed E-state index contributed by atoms with van der Waals surface area (Å²) in [5, 5.41) is 2.00. The molecular weight excluding hydrogens is 344 g/mol. The molecule has 0 bridgehead atoms. The summed E-state index contributed by atoms with van der Waals surface area (Å²) in [7, 11) is 0. The van der Waals surface area contributed by atoms with Crippen LogP contribution in [0.4, 0.5) is 0 Å². The number of nitrogens with zero attached hydrogens (tertiary/aromatic N) is 1. The Bertz CT molecular complexity index is 971. The zero-order chi connectivity index (χ0) is 17.7. The topological polar surface area (TPSA) is 36.1 Å². The third-order valence-corrected chi connectivity index (χ3v) is 6.21. The number of rotatable bonds is 2. The van der Waals surface area contributed by atoms with Gasteiger partial charge in [-0.15, -0.1) is 0 Å². The first kappa shape index (κ1) is 16.0. The zero-order valence-corrected chi connectivity index (χ0v) is 15.3. The summed E-state index contributed by atoms with van der Waals surface area (Å²) in [4.78, 5) is 18.8. The predicted molar refractivity (Wildman–Crippen MR) is 104 cm³/mol. The van der Waals surface area contributed by atoms with E-state index in [0.29, 0.717) is 5.91 Å². The summed E-state index contributed by atoms with van der Waals surface area (Å²) in [6, 6.07) is 16.3. The van der Waals surface area contributed by atoms with Crippen molar-refractivity contribution < 1.29 is 4.79 Å². The van der Waals surface area contributed by atoms with Crippen molar-refractivity contribution in [2.24, 2.45) is 5.92 Å². The summed E-state index contributed by atoms with van der Waals surface area (Å²) < 4.78 is 0. The molecule has 1 unspecified atom stereocenters. The van der Waals surface area contributed by atoms with Gasteiger partial charge in [-0.25, -0.2) is 0 Å². The first-order chi connectivity index (χ1) is 12.7. The minimum absolute atomic E-state index is 0.0588. The van der Waals surface area contributed by atoms with Crippen molar-refractivity contribution in [3.63, 3.8) is 0 Å². The molecule has 0 saturated heterocycles. The van der Waals surface area contributed by atoms with Crippen LogP contribution < -0.4 is 0 Å². The van der Waals surface area contributed by atoms with Crippen LogP contribution >= 0.6 is 11.6 Å². The van der Waals surface area contributed by atoms with Crippen molar-refractivity contribution in [3.05, 3.63) is 70.4 Å². The van der Waals surface area contributed by atoms with Gasteiger partial charge in [0.05, 0.1) is 6.04 Å². The molecule has 0 radical (unpaired) electrons. The van der Waals surface area contributed by atoms with Crippen molar-refractivity contribution in [2.75, 3.05) is 6.54 Å². The van der Waals surface area contributed by atoms with E-state index in [1.807, 2.05) is 12.1 Å². The van der Waals surface area contributed by atoms with Gasteiger partial charge < -0.3 is 9.88 Å². The van der Waals surface area contributed by atoms with Gasteiger partial charge in [-0.1, -0.05) is 48.4 Å². The van der Waals surface area contributed by atoms with Gasteiger partial charge in [0, 0.05) is 34.1 Å². The molecule has 2 aromatic carbocycles. The van der Waals surface area contributed by atoms with Crippen LogP contribution in [0.1, 0.15) is 42.1 Å². The molecule has 1 N–H and O–H groups in total. The Kier molecular flexibility index (Phi) is 3.79. The minimum Gasteiger partial charge on any atom is -0.356 e. The smallest absolute Gasteiger partial charge is 0.226 e. The molecule has 5 rings (SSSR count). The Balaban J connectivity index is 1.65. The van der Waals surface area contributed by atoms with Gasteiger partial charge in [0.15, 0.2) is 0 Å². The monoisotopic (exact) mass is 364 g/mol. The van der Waals surface area contributed by atoms with Crippen LogP contribution in [-0.4, -0.2) is 22.3 Å². The molecule has 1 aromatic heterocycles. The summed E-state index contributed by atoms with van der Waals surface area (Å²) in [5.41, 5.74) is 4.77. The summed E-state index contributed by atoms with van der Waals surface area (Å²) in [6.07, 6.45) is 4.14. The van der Waals surface area contributed by atoms with Crippen molar-refractivity contribution in [1.29, 1.82) is 0 Å². The van der Waals surface area contributed by atoms with Crippen LogP contribution in [0.3, 0.4) is 0 Å². The molecule has 3 nitrogen and oxygen atoms in total. The number of amides is 1. The summed E-state index contributed by atoms with van der Waals surface area (Å²) >= 11 is 6.11. The maximum Gasteiger partial charge on any atom is 0.226 e. The number of hydrogen-bond donors (Lipinski definition) is 1. The molecule has 1 atom stereocenters. The number of H-pyrrole nitrogens is 1. The molecule has 132 valence electrons. The number of aromatic nitrogens is 1. The highest BCUT2D eigenvalue weighted by Crippen LogP contribution is 2.41. The zero-order valence-electron chi connectivity index (χ0n) is 14.5. The lowest BCUT2D eigenvalue weighted by Crippen LogP contribution is -2.45. The van der Waals surface area contributed by atoms with Crippen molar-refractivity contribution in [3.8, 4) is 0 Å². The molecular formula is C22H21ClN2O. The third-order valence-electron chi connectivity index (χ3n) is 5.96. The highest BCUT2D eigenvalue weighted by atomic mass is 35.5. The van der Waals surface area contributed by atoms with Crippen molar-refractivity contribution in [1.82, 2.24) is 9.88 Å². The predicted octanol–water partition coefficient (Wildman–Crippen LogP) is 5.10. The normalized spacial score (nSPS) is 20.0. The van der Waals surface area contributed by atoms with E-state index in [-0.39, 0.29) is 12.0 Å². The fourth-order valence-electron chi connectivity index (χ4n) is 4.36. The number of carbonyl (C=O) groups is 1. The average molecular weight is 365 g/mol. The number of benzene rings is 2. The Hall–Kier alpha value is -2.26. The minimum atomic E-state index is -0.0588. The quantitative estimate of drug-likeness (QED) is 0.675. The standard InChI is InChI=1S/C22H21ClN2O/c23-16-10-8-14(9-11-16)21-20-18(17-6-1-2-7-19(17)24-20)12-13-25(21)22(26)15-4-3-5-15/h1-2,6-11,15,21,24H,3-5,12-13H2. The highest BCUT2D eigenvalue weighted by molar-refractivity contribution is 6.30. The van der Waals surface area contributed by atoms with Gasteiger partial charge in [0.2, 0.25) is 5.91 Å². The van der Waals surface area contributed by atoms with Gasteiger partial charge in [-0.3, -0.25) is 4.79 Å². The summed E-state index contributed by atoms with van der Waals surface area (Å²) in [5.74, 6) is 0.510. The number of halogens is 1. The van der Waals surface area contributed by atoms with Gasteiger partial charge in [-0.05, 0) is 48.6 Å². The van der Waals surface area contributed by atoms with Gasteiger partial charge >= 0.3 is 0 Å². The van der Waals surface area contributed by atoms with E-state index in [2.05, 4.69) is 46.3 Å². The summed E-state index contributed by atoms with van der Waals surface area (Å²) in [6.45, 7) is 0.775. The third kappa shape index (κ3) is 2.45. The molecule has 1 saturated carbocycles. The Morgan fingerprint density at radius 2 is 1.85 bits per heavy atom. The molecule has 1 aliphatic carbocycles. The lowest BCUT2D eigenvalue weighted by atomic mass is 9.82. The molecule has 1 fully saturated rings. The van der Waals surface area contributed by atoms with Crippen LogP contribution in [-0.2, 0) is 11.2 Å². The molecule has 2 aliphatic rings. The van der Waals surface area contributed by atoms with E-state index in [1.54, 1.807) is 0 Å². The Morgan fingerprint density at radius 1 is 1.08 bits per heavy atom. The average Bonchev–Trinajstić information content (AvgIpc) is 2.99. The maximum atomic E-state index is 13.1. The van der Waals surface area contributed by atoms with Crippen LogP contribution in [0.5, 0.6) is 0 Å². The van der Waals surface area contributed by atoms with Crippen LogP contribution in [0, 0.1) is 5.92 Å². The van der Waals surface area contributed by atoms with Crippen LogP contribution in [0.15, 0.2) is 48.5 Å². The molecule has 1 aliphatic heterocycles. The largest absolute Gasteiger partial charge is 0.356 e. The molecule has 2 heterocycles. The van der Waals surface area contributed by atoms with E-state index < -0.39 is 0 Å². The van der Waals surface area contributed by atoms with E-state index in [0.717, 1.165) is 47.6 Å². The van der Waals surface area contributed by atoms with Gasteiger partial charge in [-0.2, -0.15) is 0 Å². The van der Waals surface area contributed by atoms with Crippen molar-refractivity contribution >= 4 is 28.4 Å². The molecule has 0 spiro atoms. The van der Waals surface area contributed by atoms with Gasteiger partial charge in [0.1, 0.15) is 0 Å². The maximum absolute atomic E-state index is 13.1. The van der Waals surface area contributed by atoms with Crippen LogP contribution in [0.25, 0.3) is 10.9 Å². The second-order valence-corrected chi connectivity index (χ2v) is 7.86. The van der Waals surface area contributed by atoms with E-state index >= 15 is 0 Å². The second kappa shape index (κ2) is 6.17. The molecule has 26 heavy (non-hydrogen) atoms. The fraction of sp³-hybridized carbons (Fsp3) is 0.318. The van der Waals surface area contributed by atoms with Crippen molar-refractivity contribution in [2.45, 2.75) is 31.7 Å². The Labute approximate surface area is 158 Å². The SMILES string of the molecule is O=C(C1CCC1)N1CCc2c([nH]c3ccccc23)C1c1ccc(Cl)cc1. The molecule has 3 aromatic rings. The lowest BCUT2D eigenvalue weighted by Gasteiger charge is -2.40. The van der Waals surface area contributed by atoms with E-state index in [9.17, 15) is 4.79 Å².